The van der Waals surface area contributed by atoms with Crippen LogP contribution in [0.15, 0.2) is 17.1 Å². The van der Waals surface area contributed by atoms with E-state index in [4.69, 9.17) is 0 Å². The predicted molar refractivity (Wildman–Crippen MR) is 61.8 cm³/mol. The third-order valence-corrected chi connectivity index (χ3v) is 1.59. The van der Waals surface area contributed by atoms with Crippen LogP contribution in [-0.4, -0.2) is 19.7 Å². The van der Waals surface area contributed by atoms with Crippen LogP contribution in [0, 0.1) is 0 Å². The smallest absolute Gasteiger partial charge is 0.293 e. The maximum Gasteiger partial charge on any atom is 0.327 e. The highest BCUT2D eigenvalue weighted by atomic mass is 16.1. The fourth-order valence-corrected chi connectivity index (χ4v) is 0.979. The number of nitrogens with one attached hydrogen (secondary N) is 1. The van der Waals surface area contributed by atoms with Gasteiger partial charge < -0.3 is 0 Å². The normalized spacial score (nSPS) is 8.60. The Morgan fingerprint density at radius 1 is 1.27 bits per heavy atom. The monoisotopic (exact) mass is 210 g/mol. The summed E-state index contributed by atoms with van der Waals surface area (Å²) in [7, 11) is 1.68. The van der Waals surface area contributed by atoms with Crippen molar-refractivity contribution in [1.82, 2.24) is 19.7 Å². The molecule has 2 aromatic rings. The fourth-order valence-electron chi connectivity index (χ4n) is 0.979. The minimum absolute atomic E-state index is 0.166. The standard InChI is InChI=1S/C6H6N4O.2C2H6/c1-10-4-2-3-7-9-5(4)8-6(10)11;2*1-2/h2-3H,1H3,(H,8,9,11);2*1-2H3. The third-order valence-electron chi connectivity index (χ3n) is 1.59. The van der Waals surface area contributed by atoms with Crippen LogP contribution in [0.5, 0.6) is 0 Å². The summed E-state index contributed by atoms with van der Waals surface area (Å²) in [5.74, 6) is 0. The van der Waals surface area contributed by atoms with Crippen LogP contribution < -0.4 is 5.69 Å². The van der Waals surface area contributed by atoms with Crippen molar-refractivity contribution in [2.45, 2.75) is 27.7 Å². The number of rotatable bonds is 0. The predicted octanol–water partition coefficient (Wildman–Crippen LogP) is 1.71. The molecule has 84 valence electrons. The van der Waals surface area contributed by atoms with Crippen LogP contribution in [0.4, 0.5) is 0 Å². The lowest BCUT2D eigenvalue weighted by Gasteiger charge is -1.87. The van der Waals surface area contributed by atoms with Crippen molar-refractivity contribution >= 4 is 11.2 Å². The van der Waals surface area contributed by atoms with Crippen LogP contribution >= 0.6 is 0 Å². The number of H-pyrrole nitrogens is 1. The van der Waals surface area contributed by atoms with Gasteiger partial charge in [0.2, 0.25) is 0 Å². The van der Waals surface area contributed by atoms with E-state index in [-0.39, 0.29) is 5.69 Å². The fraction of sp³-hybridized carbons (Fsp3) is 0.500. The third kappa shape index (κ3) is 2.90. The highest BCUT2D eigenvalue weighted by molar-refractivity contribution is 5.69. The van der Waals surface area contributed by atoms with Gasteiger partial charge in [-0.15, -0.1) is 5.10 Å². The zero-order valence-electron chi connectivity index (χ0n) is 9.90. The Labute approximate surface area is 89.2 Å². The quantitative estimate of drug-likeness (QED) is 0.720. The first kappa shape index (κ1) is 13.4. The largest absolute Gasteiger partial charge is 0.327 e. The molecule has 1 N–H and O–H groups in total. The molecule has 0 saturated carbocycles. The highest BCUT2D eigenvalue weighted by Gasteiger charge is 2.01. The van der Waals surface area contributed by atoms with Gasteiger partial charge in [-0.05, 0) is 6.07 Å². The second-order valence-corrected chi connectivity index (χ2v) is 2.25. The Morgan fingerprint density at radius 2 is 1.87 bits per heavy atom. The van der Waals surface area contributed by atoms with E-state index >= 15 is 0 Å². The van der Waals surface area contributed by atoms with E-state index in [2.05, 4.69) is 15.2 Å². The lowest BCUT2D eigenvalue weighted by Crippen LogP contribution is -2.11. The topological polar surface area (TPSA) is 63.6 Å². The molecule has 0 saturated heterocycles. The number of nitrogens with zero attached hydrogens (tertiary/aromatic N) is 3. The van der Waals surface area contributed by atoms with Crippen molar-refractivity contribution in [3.05, 3.63) is 22.7 Å². The van der Waals surface area contributed by atoms with Crippen LogP contribution in [-0.2, 0) is 7.05 Å². The van der Waals surface area contributed by atoms with Gasteiger partial charge in [0, 0.05) is 7.05 Å². The molecule has 0 amide bonds. The number of hydrogen-bond donors (Lipinski definition) is 1. The average Bonchev–Trinajstić information content (AvgIpc) is 2.61. The maximum atomic E-state index is 11.0. The van der Waals surface area contributed by atoms with Crippen LogP contribution in [0.2, 0.25) is 0 Å². The van der Waals surface area contributed by atoms with Gasteiger partial charge in [-0.3, -0.25) is 9.55 Å². The second-order valence-electron chi connectivity index (χ2n) is 2.25. The lowest BCUT2D eigenvalue weighted by atomic mass is 10.5. The maximum absolute atomic E-state index is 11.0. The molecule has 0 aliphatic carbocycles. The van der Waals surface area contributed by atoms with Crippen molar-refractivity contribution in [3.63, 3.8) is 0 Å². The van der Waals surface area contributed by atoms with Crippen LogP contribution in [0.25, 0.3) is 11.2 Å². The van der Waals surface area contributed by atoms with E-state index in [9.17, 15) is 4.79 Å². The second kappa shape index (κ2) is 6.75. The molecule has 0 unspecified atom stereocenters. The molecule has 2 heterocycles. The molecule has 0 bridgehead atoms. The molecule has 0 fully saturated rings. The number of fused-ring (bicyclic) bond motifs is 1. The summed E-state index contributed by atoms with van der Waals surface area (Å²) < 4.78 is 1.49. The van der Waals surface area contributed by atoms with Crippen LogP contribution in [0.3, 0.4) is 0 Å². The first-order chi connectivity index (χ1) is 7.29. The Balaban J connectivity index is 0.000000442. The molecule has 0 radical (unpaired) electrons. The van der Waals surface area contributed by atoms with E-state index in [0.717, 1.165) is 5.52 Å². The van der Waals surface area contributed by atoms with Crippen molar-refractivity contribution in [1.29, 1.82) is 0 Å². The minimum Gasteiger partial charge on any atom is -0.293 e. The van der Waals surface area contributed by atoms with Gasteiger partial charge in [-0.1, -0.05) is 27.7 Å². The molecule has 5 nitrogen and oxygen atoms in total. The average molecular weight is 210 g/mol. The zero-order valence-corrected chi connectivity index (χ0v) is 9.90. The molecule has 0 aliphatic heterocycles. The summed E-state index contributed by atoms with van der Waals surface area (Å²) in [5, 5.41) is 7.37. The summed E-state index contributed by atoms with van der Waals surface area (Å²) in [6.45, 7) is 8.00. The minimum atomic E-state index is -0.166. The van der Waals surface area contributed by atoms with E-state index in [1.165, 1.54) is 4.57 Å². The first-order valence-corrected chi connectivity index (χ1v) is 5.15. The molecule has 2 aromatic heterocycles. The SMILES string of the molecule is CC.CC.Cn1c(=O)[nH]c2nnccc21. The summed E-state index contributed by atoms with van der Waals surface area (Å²) in [6.07, 6.45) is 1.55. The highest BCUT2D eigenvalue weighted by Crippen LogP contribution is 2.00. The van der Waals surface area contributed by atoms with Gasteiger partial charge in [0.05, 0.1) is 11.7 Å². The summed E-state index contributed by atoms with van der Waals surface area (Å²) in [5.41, 5.74) is 1.13. The Morgan fingerprint density at radius 3 is 2.40 bits per heavy atom. The number of hydrogen-bond acceptors (Lipinski definition) is 3. The van der Waals surface area contributed by atoms with E-state index in [1.54, 1.807) is 19.3 Å². The van der Waals surface area contributed by atoms with Crippen molar-refractivity contribution in [2.24, 2.45) is 7.05 Å². The molecule has 0 aromatic carbocycles. The summed E-state index contributed by atoms with van der Waals surface area (Å²) in [4.78, 5) is 13.5. The Hall–Kier alpha value is -1.65. The Bertz CT molecular complexity index is 444. The molecule has 2 rings (SSSR count). The number of aryl methyl sites for hydroxylation is 1. The zero-order chi connectivity index (χ0) is 11.8. The summed E-state index contributed by atoms with van der Waals surface area (Å²) in [6, 6.07) is 1.74. The lowest BCUT2D eigenvalue weighted by molar-refractivity contribution is 0.891. The molecular formula is C10H18N4O. The van der Waals surface area contributed by atoms with Crippen molar-refractivity contribution in [3.8, 4) is 0 Å². The van der Waals surface area contributed by atoms with E-state index < -0.39 is 0 Å². The molecular weight excluding hydrogens is 192 g/mol. The summed E-state index contributed by atoms with van der Waals surface area (Å²) >= 11 is 0. The van der Waals surface area contributed by atoms with Crippen LogP contribution in [0.1, 0.15) is 27.7 Å². The van der Waals surface area contributed by atoms with Gasteiger partial charge in [0.15, 0.2) is 5.65 Å². The van der Waals surface area contributed by atoms with E-state index in [1.807, 2.05) is 27.7 Å². The number of aromatic nitrogens is 4. The number of imidazole rings is 1. The van der Waals surface area contributed by atoms with Gasteiger partial charge in [-0.25, -0.2) is 4.79 Å². The Kier molecular flexibility index (Phi) is 6.01. The number of aromatic amines is 1. The van der Waals surface area contributed by atoms with Gasteiger partial charge in [-0.2, -0.15) is 5.10 Å². The molecule has 0 aliphatic rings. The van der Waals surface area contributed by atoms with Gasteiger partial charge in [0.25, 0.3) is 0 Å². The van der Waals surface area contributed by atoms with Gasteiger partial charge in [0.1, 0.15) is 0 Å². The van der Waals surface area contributed by atoms with Crippen molar-refractivity contribution in [2.75, 3.05) is 0 Å². The first-order valence-electron chi connectivity index (χ1n) is 5.15. The van der Waals surface area contributed by atoms with Gasteiger partial charge >= 0.3 is 5.69 Å². The van der Waals surface area contributed by atoms with Crippen molar-refractivity contribution < 1.29 is 0 Å². The molecule has 0 atom stereocenters. The van der Waals surface area contributed by atoms with E-state index in [0.29, 0.717) is 5.65 Å². The molecule has 0 spiro atoms. The molecule has 15 heavy (non-hydrogen) atoms. The molecule has 5 heteroatoms.